The number of aliphatic hydroxyl groups is 2. The SMILES string of the molecule is OC(CCBr)C(O)c1c(C(F)(F)F)cccc1C(F)(F)F. The van der Waals surface area contributed by atoms with E-state index in [4.69, 9.17) is 0 Å². The summed E-state index contributed by atoms with van der Waals surface area (Å²) in [5, 5.41) is 19.4. The monoisotopic (exact) mass is 380 g/mol. The molecule has 0 saturated carbocycles. The third kappa shape index (κ3) is 4.33. The lowest BCUT2D eigenvalue weighted by Crippen LogP contribution is -2.26. The fraction of sp³-hybridized carbons (Fsp3) is 0.500. The highest BCUT2D eigenvalue weighted by atomic mass is 79.9. The molecule has 120 valence electrons. The number of alkyl halides is 7. The quantitative estimate of drug-likeness (QED) is 0.614. The zero-order valence-electron chi connectivity index (χ0n) is 10.3. The van der Waals surface area contributed by atoms with Crippen molar-refractivity contribution < 1.29 is 36.6 Å². The van der Waals surface area contributed by atoms with Gasteiger partial charge in [-0.3, -0.25) is 0 Å². The summed E-state index contributed by atoms with van der Waals surface area (Å²) in [5.74, 6) is 0. The summed E-state index contributed by atoms with van der Waals surface area (Å²) in [4.78, 5) is 0. The standard InChI is InChI=1S/C12H11BrF6O2/c13-5-4-8(20)10(21)9-6(11(14,15)16)2-1-3-7(9)12(17,18)19/h1-3,8,10,20-21H,4-5H2. The van der Waals surface area contributed by atoms with Gasteiger partial charge in [0, 0.05) is 10.9 Å². The highest BCUT2D eigenvalue weighted by Gasteiger charge is 2.43. The first-order valence-corrected chi connectivity index (χ1v) is 6.81. The Kier molecular flexibility index (Phi) is 5.68. The van der Waals surface area contributed by atoms with Gasteiger partial charge in [0.05, 0.1) is 17.2 Å². The lowest BCUT2D eigenvalue weighted by atomic mass is 9.92. The minimum atomic E-state index is -5.08. The molecule has 2 nitrogen and oxygen atoms in total. The number of hydrogen-bond donors (Lipinski definition) is 2. The number of halogens is 7. The topological polar surface area (TPSA) is 40.5 Å². The molecular weight excluding hydrogens is 370 g/mol. The highest BCUT2D eigenvalue weighted by molar-refractivity contribution is 9.09. The van der Waals surface area contributed by atoms with Gasteiger partial charge in [-0.05, 0) is 18.6 Å². The van der Waals surface area contributed by atoms with E-state index in [1.807, 2.05) is 0 Å². The molecule has 0 amide bonds. The fourth-order valence-corrected chi connectivity index (χ4v) is 2.31. The first kappa shape index (κ1) is 18.2. The Hall–Kier alpha value is -0.800. The zero-order valence-corrected chi connectivity index (χ0v) is 11.9. The molecule has 1 rings (SSSR count). The number of hydrogen-bond acceptors (Lipinski definition) is 2. The van der Waals surface area contributed by atoms with Gasteiger partial charge >= 0.3 is 12.4 Å². The Morgan fingerprint density at radius 1 is 0.952 bits per heavy atom. The van der Waals surface area contributed by atoms with Crippen molar-refractivity contribution in [2.45, 2.75) is 31.0 Å². The van der Waals surface area contributed by atoms with Crippen LogP contribution in [0.25, 0.3) is 0 Å². The Bertz CT molecular complexity index is 453. The predicted molar refractivity (Wildman–Crippen MR) is 65.8 cm³/mol. The second-order valence-corrected chi connectivity index (χ2v) is 5.05. The summed E-state index contributed by atoms with van der Waals surface area (Å²) < 4.78 is 77.1. The smallest absolute Gasteiger partial charge is 0.390 e. The molecule has 0 heterocycles. The first-order chi connectivity index (χ1) is 9.50. The van der Waals surface area contributed by atoms with Gasteiger partial charge < -0.3 is 10.2 Å². The fourth-order valence-electron chi connectivity index (χ4n) is 1.84. The Balaban J connectivity index is 3.50. The van der Waals surface area contributed by atoms with Gasteiger partial charge in [0.2, 0.25) is 0 Å². The van der Waals surface area contributed by atoms with Gasteiger partial charge in [-0.15, -0.1) is 0 Å². The average Bonchev–Trinajstić information content (AvgIpc) is 2.35. The van der Waals surface area contributed by atoms with Crippen molar-refractivity contribution in [1.29, 1.82) is 0 Å². The molecule has 0 aromatic heterocycles. The zero-order chi connectivity index (χ0) is 16.4. The van der Waals surface area contributed by atoms with Crippen LogP contribution in [-0.2, 0) is 12.4 Å². The van der Waals surface area contributed by atoms with E-state index in [0.29, 0.717) is 18.2 Å². The second-order valence-electron chi connectivity index (χ2n) is 4.25. The van der Waals surface area contributed by atoms with Crippen molar-refractivity contribution >= 4 is 15.9 Å². The molecule has 9 heteroatoms. The van der Waals surface area contributed by atoms with E-state index in [-0.39, 0.29) is 11.8 Å². The van der Waals surface area contributed by atoms with E-state index >= 15 is 0 Å². The van der Waals surface area contributed by atoms with Crippen molar-refractivity contribution in [2.24, 2.45) is 0 Å². The van der Waals surface area contributed by atoms with Crippen LogP contribution in [0.4, 0.5) is 26.3 Å². The molecule has 21 heavy (non-hydrogen) atoms. The van der Waals surface area contributed by atoms with E-state index in [1.165, 1.54) is 0 Å². The summed E-state index contributed by atoms with van der Waals surface area (Å²) in [6.07, 6.45) is -14.4. The summed E-state index contributed by atoms with van der Waals surface area (Å²) >= 11 is 2.89. The summed E-state index contributed by atoms with van der Waals surface area (Å²) in [6.45, 7) is 0. The van der Waals surface area contributed by atoms with E-state index < -0.39 is 41.3 Å². The molecule has 2 unspecified atom stereocenters. The van der Waals surface area contributed by atoms with Crippen LogP contribution in [0.2, 0.25) is 0 Å². The van der Waals surface area contributed by atoms with Crippen molar-refractivity contribution in [3.63, 3.8) is 0 Å². The number of benzene rings is 1. The van der Waals surface area contributed by atoms with Crippen molar-refractivity contribution in [2.75, 3.05) is 5.33 Å². The van der Waals surface area contributed by atoms with Crippen LogP contribution in [-0.4, -0.2) is 21.6 Å². The normalized spacial score (nSPS) is 15.9. The van der Waals surface area contributed by atoms with Crippen molar-refractivity contribution in [3.05, 3.63) is 34.9 Å². The van der Waals surface area contributed by atoms with Crippen LogP contribution in [0.5, 0.6) is 0 Å². The average molecular weight is 381 g/mol. The molecule has 0 bridgehead atoms. The minimum Gasteiger partial charge on any atom is -0.390 e. The highest BCUT2D eigenvalue weighted by Crippen LogP contribution is 2.42. The minimum absolute atomic E-state index is 0.112. The van der Waals surface area contributed by atoms with Crippen LogP contribution in [0.3, 0.4) is 0 Å². The molecule has 0 aliphatic heterocycles. The molecule has 0 saturated heterocycles. The Morgan fingerprint density at radius 2 is 1.38 bits per heavy atom. The summed E-state index contributed by atoms with van der Waals surface area (Å²) in [7, 11) is 0. The Labute approximate surface area is 124 Å². The van der Waals surface area contributed by atoms with Gasteiger partial charge in [0.15, 0.2) is 0 Å². The van der Waals surface area contributed by atoms with Crippen molar-refractivity contribution in [1.82, 2.24) is 0 Å². The largest absolute Gasteiger partial charge is 0.416 e. The van der Waals surface area contributed by atoms with Gasteiger partial charge in [-0.25, -0.2) is 0 Å². The van der Waals surface area contributed by atoms with E-state index in [2.05, 4.69) is 15.9 Å². The van der Waals surface area contributed by atoms with E-state index in [9.17, 15) is 36.6 Å². The molecule has 2 atom stereocenters. The van der Waals surface area contributed by atoms with Crippen LogP contribution in [0.1, 0.15) is 29.2 Å². The van der Waals surface area contributed by atoms with E-state index in [0.717, 1.165) is 0 Å². The maximum atomic E-state index is 12.9. The van der Waals surface area contributed by atoms with Gasteiger partial charge in [-0.1, -0.05) is 22.0 Å². The molecule has 2 N–H and O–H groups in total. The van der Waals surface area contributed by atoms with Crippen LogP contribution in [0.15, 0.2) is 18.2 Å². The lowest BCUT2D eigenvalue weighted by molar-refractivity contribution is -0.147. The third-order valence-electron chi connectivity index (χ3n) is 2.78. The van der Waals surface area contributed by atoms with Crippen molar-refractivity contribution in [3.8, 4) is 0 Å². The third-order valence-corrected chi connectivity index (χ3v) is 3.24. The van der Waals surface area contributed by atoms with Crippen LogP contribution < -0.4 is 0 Å². The van der Waals surface area contributed by atoms with E-state index in [1.54, 1.807) is 0 Å². The summed E-state index contributed by atoms with van der Waals surface area (Å²) in [6, 6.07) is 1.49. The molecule has 0 fully saturated rings. The summed E-state index contributed by atoms with van der Waals surface area (Å²) in [5.41, 5.74) is -4.58. The van der Waals surface area contributed by atoms with Gasteiger partial charge in [0.25, 0.3) is 0 Å². The molecule has 0 spiro atoms. The maximum absolute atomic E-state index is 12.9. The maximum Gasteiger partial charge on any atom is 0.416 e. The predicted octanol–water partition coefficient (Wildman–Crippen LogP) is 3.90. The molecule has 1 aromatic rings. The van der Waals surface area contributed by atoms with Crippen LogP contribution >= 0.6 is 15.9 Å². The molecule has 0 aliphatic rings. The molecule has 1 aromatic carbocycles. The first-order valence-electron chi connectivity index (χ1n) is 5.69. The molecular formula is C12H11BrF6O2. The second kappa shape index (κ2) is 6.53. The number of aliphatic hydroxyl groups excluding tert-OH is 2. The number of rotatable bonds is 4. The molecule has 0 aliphatic carbocycles. The lowest BCUT2D eigenvalue weighted by Gasteiger charge is -2.25. The Morgan fingerprint density at radius 3 is 1.71 bits per heavy atom. The van der Waals surface area contributed by atoms with Crippen LogP contribution in [0, 0.1) is 0 Å². The van der Waals surface area contributed by atoms with Gasteiger partial charge in [-0.2, -0.15) is 26.3 Å². The molecule has 0 radical (unpaired) electrons. The van der Waals surface area contributed by atoms with Gasteiger partial charge in [0.1, 0.15) is 6.10 Å².